The van der Waals surface area contributed by atoms with Gasteiger partial charge in [0, 0.05) is 18.7 Å². The van der Waals surface area contributed by atoms with Gasteiger partial charge >= 0.3 is 5.97 Å². The first-order valence-electron chi connectivity index (χ1n) is 7.86. The fourth-order valence-corrected chi connectivity index (χ4v) is 3.12. The Labute approximate surface area is 126 Å². The number of methoxy groups -OCH3 is 1. The molecule has 2 fully saturated rings. The summed E-state index contributed by atoms with van der Waals surface area (Å²) in [6.45, 7) is 2.51. The van der Waals surface area contributed by atoms with E-state index in [1.807, 2.05) is 0 Å². The van der Waals surface area contributed by atoms with Crippen molar-refractivity contribution in [2.45, 2.75) is 31.7 Å². The number of carbonyl (C=O) groups excluding carboxylic acids is 1. The van der Waals surface area contributed by atoms with Crippen LogP contribution in [-0.2, 0) is 9.53 Å². The lowest BCUT2D eigenvalue weighted by Crippen LogP contribution is -2.25. The van der Waals surface area contributed by atoms with Gasteiger partial charge in [-0.15, -0.1) is 0 Å². The van der Waals surface area contributed by atoms with E-state index in [9.17, 15) is 4.79 Å². The highest BCUT2D eigenvalue weighted by Crippen LogP contribution is 2.37. The Hall–Kier alpha value is -1.61. The molecule has 1 saturated heterocycles. The SMILES string of the molecule is COC(=O)/C=C/c1ccc([C@@H]2CCCN2CC2CC2)cc1. The van der Waals surface area contributed by atoms with Crippen LogP contribution in [0.2, 0.25) is 0 Å². The Morgan fingerprint density at radius 2 is 2.05 bits per heavy atom. The van der Waals surface area contributed by atoms with E-state index in [0.717, 1.165) is 11.5 Å². The third kappa shape index (κ3) is 3.73. The first-order valence-corrected chi connectivity index (χ1v) is 7.86. The van der Waals surface area contributed by atoms with Crippen LogP contribution in [0.15, 0.2) is 30.3 Å². The fraction of sp³-hybridized carbons (Fsp3) is 0.500. The van der Waals surface area contributed by atoms with Crippen molar-refractivity contribution < 1.29 is 9.53 Å². The molecule has 1 aromatic rings. The number of esters is 1. The Balaban J connectivity index is 1.65. The molecule has 1 aromatic carbocycles. The summed E-state index contributed by atoms with van der Waals surface area (Å²) in [6, 6.07) is 9.16. The third-order valence-corrected chi connectivity index (χ3v) is 4.49. The molecule has 21 heavy (non-hydrogen) atoms. The second kappa shape index (κ2) is 6.44. The number of benzene rings is 1. The van der Waals surface area contributed by atoms with Gasteiger partial charge in [0.2, 0.25) is 0 Å². The van der Waals surface area contributed by atoms with E-state index in [0.29, 0.717) is 6.04 Å². The van der Waals surface area contributed by atoms with Crippen LogP contribution in [0, 0.1) is 5.92 Å². The Bertz CT molecular complexity index is 517. The van der Waals surface area contributed by atoms with Crippen molar-refractivity contribution in [1.29, 1.82) is 0 Å². The van der Waals surface area contributed by atoms with Gasteiger partial charge in [0.15, 0.2) is 0 Å². The maximum absolute atomic E-state index is 11.1. The molecular weight excluding hydrogens is 262 g/mol. The molecule has 112 valence electrons. The summed E-state index contributed by atoms with van der Waals surface area (Å²) in [6.07, 6.45) is 8.67. The smallest absolute Gasteiger partial charge is 0.330 e. The summed E-state index contributed by atoms with van der Waals surface area (Å²) in [4.78, 5) is 13.7. The van der Waals surface area contributed by atoms with Crippen LogP contribution in [-0.4, -0.2) is 31.1 Å². The van der Waals surface area contributed by atoms with Gasteiger partial charge in [0.05, 0.1) is 7.11 Å². The molecule has 1 heterocycles. The molecule has 0 N–H and O–H groups in total. The minimum Gasteiger partial charge on any atom is -0.466 e. The summed E-state index contributed by atoms with van der Waals surface area (Å²) in [5.41, 5.74) is 2.44. The van der Waals surface area contributed by atoms with Crippen molar-refractivity contribution in [1.82, 2.24) is 4.90 Å². The van der Waals surface area contributed by atoms with Crippen LogP contribution in [0.3, 0.4) is 0 Å². The van der Waals surface area contributed by atoms with Gasteiger partial charge in [0.1, 0.15) is 0 Å². The zero-order chi connectivity index (χ0) is 14.7. The normalized spacial score (nSPS) is 22.8. The summed E-state index contributed by atoms with van der Waals surface area (Å²) in [5.74, 6) is 0.637. The zero-order valence-electron chi connectivity index (χ0n) is 12.6. The van der Waals surface area contributed by atoms with Gasteiger partial charge in [-0.05, 0) is 55.3 Å². The minimum absolute atomic E-state index is 0.314. The van der Waals surface area contributed by atoms with Crippen LogP contribution in [0.4, 0.5) is 0 Å². The molecular formula is C18H23NO2. The van der Waals surface area contributed by atoms with Crippen LogP contribution >= 0.6 is 0 Å². The van der Waals surface area contributed by atoms with Gasteiger partial charge in [-0.2, -0.15) is 0 Å². The van der Waals surface area contributed by atoms with E-state index in [4.69, 9.17) is 0 Å². The highest BCUT2D eigenvalue weighted by Gasteiger charge is 2.31. The average molecular weight is 285 g/mol. The van der Waals surface area contributed by atoms with Crippen molar-refractivity contribution in [3.63, 3.8) is 0 Å². The van der Waals surface area contributed by atoms with Crippen molar-refractivity contribution in [3.8, 4) is 0 Å². The standard InChI is InChI=1S/C18H23NO2/c1-21-18(20)11-8-14-6-9-16(10-7-14)17-3-2-12-19(17)13-15-4-5-15/h6-11,15,17H,2-5,12-13H2,1H3/b11-8+/t17-/m0/s1. The van der Waals surface area contributed by atoms with Crippen molar-refractivity contribution in [3.05, 3.63) is 41.5 Å². The minimum atomic E-state index is -0.314. The number of hydrogen-bond acceptors (Lipinski definition) is 3. The first kappa shape index (κ1) is 14.3. The number of ether oxygens (including phenoxy) is 1. The van der Waals surface area contributed by atoms with Crippen LogP contribution in [0.25, 0.3) is 6.08 Å². The predicted molar refractivity (Wildman–Crippen MR) is 83.8 cm³/mol. The summed E-state index contributed by atoms with van der Waals surface area (Å²) in [7, 11) is 1.39. The Kier molecular flexibility index (Phi) is 4.39. The summed E-state index contributed by atoms with van der Waals surface area (Å²) >= 11 is 0. The molecule has 0 radical (unpaired) electrons. The molecule has 1 saturated carbocycles. The molecule has 0 bridgehead atoms. The number of rotatable bonds is 5. The molecule has 2 aliphatic rings. The maximum Gasteiger partial charge on any atom is 0.330 e. The third-order valence-electron chi connectivity index (χ3n) is 4.49. The zero-order valence-corrected chi connectivity index (χ0v) is 12.6. The fourth-order valence-electron chi connectivity index (χ4n) is 3.12. The lowest BCUT2D eigenvalue weighted by atomic mass is 10.0. The maximum atomic E-state index is 11.1. The second-order valence-electron chi connectivity index (χ2n) is 6.12. The molecule has 3 nitrogen and oxygen atoms in total. The number of nitrogens with zero attached hydrogens (tertiary/aromatic N) is 1. The molecule has 0 amide bonds. The Morgan fingerprint density at radius 1 is 1.29 bits per heavy atom. The molecule has 0 spiro atoms. The van der Waals surface area contributed by atoms with Gasteiger partial charge in [-0.3, -0.25) is 4.90 Å². The van der Waals surface area contributed by atoms with E-state index < -0.39 is 0 Å². The lowest BCUT2D eigenvalue weighted by molar-refractivity contribution is -0.134. The van der Waals surface area contributed by atoms with Crippen LogP contribution < -0.4 is 0 Å². The summed E-state index contributed by atoms with van der Waals surface area (Å²) in [5, 5.41) is 0. The van der Waals surface area contributed by atoms with Gasteiger partial charge < -0.3 is 4.74 Å². The first-order chi connectivity index (χ1) is 10.3. The lowest BCUT2D eigenvalue weighted by Gasteiger charge is -2.24. The molecule has 3 heteroatoms. The van der Waals surface area contributed by atoms with Crippen LogP contribution in [0.5, 0.6) is 0 Å². The van der Waals surface area contributed by atoms with E-state index in [2.05, 4.69) is 33.9 Å². The molecule has 3 rings (SSSR count). The second-order valence-corrected chi connectivity index (χ2v) is 6.12. The average Bonchev–Trinajstić information content (AvgIpc) is 3.21. The predicted octanol–water partition coefficient (Wildman–Crippen LogP) is 3.42. The van der Waals surface area contributed by atoms with E-state index >= 15 is 0 Å². The highest BCUT2D eigenvalue weighted by atomic mass is 16.5. The van der Waals surface area contributed by atoms with Gasteiger partial charge in [-0.25, -0.2) is 4.79 Å². The van der Waals surface area contributed by atoms with Crippen molar-refractivity contribution >= 4 is 12.0 Å². The van der Waals surface area contributed by atoms with Crippen LogP contribution in [0.1, 0.15) is 42.9 Å². The monoisotopic (exact) mass is 285 g/mol. The molecule has 0 unspecified atom stereocenters. The number of carbonyl (C=O) groups is 1. The molecule has 1 atom stereocenters. The number of hydrogen-bond donors (Lipinski definition) is 0. The van der Waals surface area contributed by atoms with E-state index in [1.54, 1.807) is 6.08 Å². The topological polar surface area (TPSA) is 29.5 Å². The highest BCUT2D eigenvalue weighted by molar-refractivity contribution is 5.86. The van der Waals surface area contributed by atoms with Gasteiger partial charge in [-0.1, -0.05) is 24.3 Å². The summed E-state index contributed by atoms with van der Waals surface area (Å²) < 4.78 is 4.60. The van der Waals surface area contributed by atoms with Crippen molar-refractivity contribution in [2.75, 3.05) is 20.2 Å². The number of likely N-dealkylation sites (tertiary alicyclic amines) is 1. The quantitative estimate of drug-likeness (QED) is 0.613. The molecule has 1 aliphatic heterocycles. The molecule has 1 aliphatic carbocycles. The Morgan fingerprint density at radius 3 is 2.71 bits per heavy atom. The molecule has 0 aromatic heterocycles. The van der Waals surface area contributed by atoms with Gasteiger partial charge in [0.25, 0.3) is 0 Å². The van der Waals surface area contributed by atoms with E-state index in [-0.39, 0.29) is 5.97 Å². The van der Waals surface area contributed by atoms with E-state index in [1.165, 1.54) is 57.5 Å². The largest absolute Gasteiger partial charge is 0.466 e. The van der Waals surface area contributed by atoms with Crippen molar-refractivity contribution in [2.24, 2.45) is 5.92 Å².